The molecule has 0 aliphatic carbocycles. The predicted molar refractivity (Wildman–Crippen MR) is 74.2 cm³/mol. The van der Waals surface area contributed by atoms with Gasteiger partial charge in [0.05, 0.1) is 15.2 Å². The molecular formula is C13H6ClF3N2S. The Morgan fingerprint density at radius 1 is 1.10 bits per heavy atom. The second kappa shape index (κ2) is 4.96. The van der Waals surface area contributed by atoms with Crippen LogP contribution in [0.2, 0.25) is 5.02 Å². The first kappa shape index (κ1) is 13.2. The van der Waals surface area contributed by atoms with Gasteiger partial charge in [0.15, 0.2) is 22.6 Å². The molecule has 7 heteroatoms. The molecule has 0 amide bonds. The van der Waals surface area contributed by atoms with Gasteiger partial charge in [-0.3, -0.25) is 0 Å². The van der Waals surface area contributed by atoms with E-state index < -0.39 is 17.5 Å². The van der Waals surface area contributed by atoms with Gasteiger partial charge in [-0.2, -0.15) is 0 Å². The van der Waals surface area contributed by atoms with Crippen molar-refractivity contribution in [2.75, 3.05) is 5.32 Å². The van der Waals surface area contributed by atoms with E-state index >= 15 is 0 Å². The molecule has 0 radical (unpaired) electrons. The van der Waals surface area contributed by atoms with Crippen LogP contribution in [0.25, 0.3) is 10.2 Å². The molecule has 0 saturated heterocycles. The SMILES string of the molecule is Fc1cc(Nc2nc3cccc(Cl)c3s2)cc(F)c1F. The van der Waals surface area contributed by atoms with Crippen LogP contribution in [0.4, 0.5) is 24.0 Å². The number of halogens is 4. The number of nitrogens with zero attached hydrogens (tertiary/aromatic N) is 1. The van der Waals surface area contributed by atoms with Crippen LogP contribution in [0.15, 0.2) is 30.3 Å². The molecule has 3 aromatic rings. The molecule has 3 rings (SSSR count). The number of benzene rings is 2. The van der Waals surface area contributed by atoms with Crippen molar-refractivity contribution < 1.29 is 13.2 Å². The number of nitrogens with one attached hydrogen (secondary N) is 1. The summed E-state index contributed by atoms with van der Waals surface area (Å²) in [5.41, 5.74) is 0.754. The van der Waals surface area contributed by atoms with Gasteiger partial charge in [-0.15, -0.1) is 0 Å². The highest BCUT2D eigenvalue weighted by Gasteiger charge is 2.12. The Morgan fingerprint density at radius 2 is 1.80 bits per heavy atom. The maximum Gasteiger partial charge on any atom is 0.194 e. The lowest BCUT2D eigenvalue weighted by atomic mass is 10.3. The van der Waals surface area contributed by atoms with Crippen molar-refractivity contribution >= 4 is 44.0 Å². The van der Waals surface area contributed by atoms with E-state index in [0.29, 0.717) is 15.7 Å². The second-order valence-electron chi connectivity index (χ2n) is 3.99. The number of hydrogen-bond acceptors (Lipinski definition) is 3. The molecule has 2 aromatic carbocycles. The van der Waals surface area contributed by atoms with Crippen LogP contribution in [0.1, 0.15) is 0 Å². The molecule has 102 valence electrons. The van der Waals surface area contributed by atoms with Crippen molar-refractivity contribution in [2.45, 2.75) is 0 Å². The maximum absolute atomic E-state index is 13.1. The third-order valence-corrected chi connectivity index (χ3v) is 4.05. The molecule has 0 aliphatic rings. The van der Waals surface area contributed by atoms with Gasteiger partial charge in [0.25, 0.3) is 0 Å². The van der Waals surface area contributed by atoms with Crippen molar-refractivity contribution in [1.82, 2.24) is 4.98 Å². The third kappa shape index (κ3) is 2.32. The van der Waals surface area contributed by atoms with Crippen LogP contribution in [-0.4, -0.2) is 4.98 Å². The second-order valence-corrected chi connectivity index (χ2v) is 5.39. The lowest BCUT2D eigenvalue weighted by Gasteiger charge is -2.03. The minimum atomic E-state index is -1.50. The fourth-order valence-corrected chi connectivity index (χ4v) is 2.90. The highest BCUT2D eigenvalue weighted by molar-refractivity contribution is 7.22. The topological polar surface area (TPSA) is 24.9 Å². The van der Waals surface area contributed by atoms with E-state index in [1.807, 2.05) is 0 Å². The number of rotatable bonds is 2. The lowest BCUT2D eigenvalue weighted by Crippen LogP contribution is -1.95. The number of anilines is 2. The van der Waals surface area contributed by atoms with E-state index in [9.17, 15) is 13.2 Å². The average Bonchev–Trinajstić information content (AvgIpc) is 2.80. The standard InChI is InChI=1S/C13H6ClF3N2S/c14-7-2-1-3-10-12(7)20-13(19-10)18-6-4-8(15)11(17)9(16)5-6/h1-5H,(H,18,19). The zero-order chi connectivity index (χ0) is 14.3. The normalized spacial score (nSPS) is 11.0. The molecule has 20 heavy (non-hydrogen) atoms. The van der Waals surface area contributed by atoms with Gasteiger partial charge < -0.3 is 5.32 Å². The van der Waals surface area contributed by atoms with Crippen molar-refractivity contribution in [3.8, 4) is 0 Å². The summed E-state index contributed by atoms with van der Waals surface area (Å²) < 4.78 is 39.9. The number of thiazole rings is 1. The molecule has 0 atom stereocenters. The molecule has 2 nitrogen and oxygen atoms in total. The first-order valence-electron chi connectivity index (χ1n) is 5.51. The van der Waals surface area contributed by atoms with Gasteiger partial charge in [0.2, 0.25) is 0 Å². The number of hydrogen-bond donors (Lipinski definition) is 1. The largest absolute Gasteiger partial charge is 0.331 e. The Hall–Kier alpha value is -1.79. The van der Waals surface area contributed by atoms with Crippen molar-refractivity contribution in [3.05, 3.63) is 52.8 Å². The maximum atomic E-state index is 13.1. The Bertz CT molecular complexity index is 780. The molecule has 1 N–H and O–H groups in total. The first-order valence-corrected chi connectivity index (χ1v) is 6.70. The fraction of sp³-hybridized carbons (Fsp3) is 0. The smallest absolute Gasteiger partial charge is 0.194 e. The van der Waals surface area contributed by atoms with E-state index in [1.165, 1.54) is 11.3 Å². The summed E-state index contributed by atoms with van der Waals surface area (Å²) in [5.74, 6) is -4.01. The number of fused-ring (bicyclic) bond motifs is 1. The van der Waals surface area contributed by atoms with E-state index in [1.54, 1.807) is 18.2 Å². The highest BCUT2D eigenvalue weighted by Crippen LogP contribution is 2.33. The lowest BCUT2D eigenvalue weighted by molar-refractivity contribution is 0.448. The van der Waals surface area contributed by atoms with Crippen LogP contribution in [0.3, 0.4) is 0 Å². The van der Waals surface area contributed by atoms with E-state index in [4.69, 9.17) is 11.6 Å². The van der Waals surface area contributed by atoms with Crippen LogP contribution < -0.4 is 5.32 Å². The van der Waals surface area contributed by atoms with Gasteiger partial charge in [0.1, 0.15) is 0 Å². The molecule has 0 unspecified atom stereocenters. The predicted octanol–water partition coefficient (Wildman–Crippen LogP) is 5.11. The summed E-state index contributed by atoms with van der Waals surface area (Å²) in [4.78, 5) is 4.23. The molecule has 0 aliphatic heterocycles. The van der Waals surface area contributed by atoms with Gasteiger partial charge in [0, 0.05) is 17.8 Å². The highest BCUT2D eigenvalue weighted by atomic mass is 35.5. The van der Waals surface area contributed by atoms with Crippen molar-refractivity contribution in [3.63, 3.8) is 0 Å². The zero-order valence-corrected chi connectivity index (χ0v) is 11.3. The minimum absolute atomic E-state index is 0.0802. The van der Waals surface area contributed by atoms with E-state index in [2.05, 4.69) is 10.3 Å². The minimum Gasteiger partial charge on any atom is -0.331 e. The molecule has 0 bridgehead atoms. The molecule has 0 spiro atoms. The van der Waals surface area contributed by atoms with Gasteiger partial charge >= 0.3 is 0 Å². The Balaban J connectivity index is 1.99. The Kier molecular flexibility index (Phi) is 3.27. The first-order chi connectivity index (χ1) is 9.54. The quantitative estimate of drug-likeness (QED) is 0.665. The van der Waals surface area contributed by atoms with Gasteiger partial charge in [-0.1, -0.05) is 29.0 Å². The Morgan fingerprint density at radius 3 is 2.45 bits per heavy atom. The number of aromatic nitrogens is 1. The Labute approximate surface area is 120 Å². The molecule has 1 aromatic heterocycles. The van der Waals surface area contributed by atoms with Crippen molar-refractivity contribution in [1.29, 1.82) is 0 Å². The molecule has 0 fully saturated rings. The summed E-state index contributed by atoms with van der Waals surface area (Å²) in [6, 6.07) is 6.99. The van der Waals surface area contributed by atoms with Gasteiger partial charge in [-0.25, -0.2) is 18.2 Å². The van der Waals surface area contributed by atoms with E-state index in [-0.39, 0.29) is 5.69 Å². The monoisotopic (exact) mass is 314 g/mol. The van der Waals surface area contributed by atoms with Crippen LogP contribution >= 0.6 is 22.9 Å². The molecule has 1 heterocycles. The summed E-state index contributed by atoms with van der Waals surface area (Å²) in [6.07, 6.45) is 0. The average molecular weight is 315 g/mol. The van der Waals surface area contributed by atoms with E-state index in [0.717, 1.165) is 16.8 Å². The summed E-state index contributed by atoms with van der Waals surface area (Å²) in [7, 11) is 0. The summed E-state index contributed by atoms with van der Waals surface area (Å²) >= 11 is 7.26. The van der Waals surface area contributed by atoms with Crippen LogP contribution in [-0.2, 0) is 0 Å². The van der Waals surface area contributed by atoms with Gasteiger partial charge in [-0.05, 0) is 12.1 Å². The zero-order valence-electron chi connectivity index (χ0n) is 9.75. The van der Waals surface area contributed by atoms with Crippen LogP contribution in [0.5, 0.6) is 0 Å². The van der Waals surface area contributed by atoms with Crippen molar-refractivity contribution in [2.24, 2.45) is 0 Å². The molecule has 0 saturated carbocycles. The summed E-state index contributed by atoms with van der Waals surface area (Å²) in [5, 5.41) is 3.69. The third-order valence-electron chi connectivity index (χ3n) is 2.60. The molecular weight excluding hydrogens is 309 g/mol. The summed E-state index contributed by atoms with van der Waals surface area (Å²) in [6.45, 7) is 0. The van der Waals surface area contributed by atoms with Crippen LogP contribution in [0, 0.1) is 17.5 Å². The fourth-order valence-electron chi connectivity index (χ4n) is 1.72.